The van der Waals surface area contributed by atoms with Gasteiger partial charge in [-0.1, -0.05) is 0 Å². The van der Waals surface area contributed by atoms with Crippen molar-refractivity contribution in [1.29, 1.82) is 0 Å². The van der Waals surface area contributed by atoms with Gasteiger partial charge in [-0.05, 0) is 26.8 Å². The summed E-state index contributed by atoms with van der Waals surface area (Å²) in [6, 6.07) is 1.54. The van der Waals surface area contributed by atoms with Crippen molar-refractivity contribution in [3.05, 3.63) is 24.0 Å². The standard InChI is InChI=1S/C10H14N2O2/c1-10(2,3)14-9(13)7-4-8(11)6-12-5-7/h4-6H,11H2,1-3H3. The first-order valence-corrected chi connectivity index (χ1v) is 4.32. The first kappa shape index (κ1) is 10.5. The van der Waals surface area contributed by atoms with Crippen molar-refractivity contribution in [1.82, 2.24) is 4.98 Å². The number of carbonyl (C=O) groups excluding carboxylic acids is 1. The fourth-order valence-electron chi connectivity index (χ4n) is 0.906. The van der Waals surface area contributed by atoms with Crippen LogP contribution in [0, 0.1) is 0 Å². The van der Waals surface area contributed by atoms with E-state index in [4.69, 9.17) is 10.5 Å². The minimum absolute atomic E-state index is 0.375. The van der Waals surface area contributed by atoms with Gasteiger partial charge in [-0.25, -0.2) is 4.79 Å². The molecule has 0 aliphatic carbocycles. The van der Waals surface area contributed by atoms with Crippen molar-refractivity contribution in [3.63, 3.8) is 0 Å². The molecular weight excluding hydrogens is 180 g/mol. The maximum Gasteiger partial charge on any atom is 0.340 e. The van der Waals surface area contributed by atoms with E-state index in [1.807, 2.05) is 20.8 Å². The lowest BCUT2D eigenvalue weighted by molar-refractivity contribution is 0.00691. The van der Waals surface area contributed by atoms with Crippen LogP contribution in [0.4, 0.5) is 5.69 Å². The van der Waals surface area contributed by atoms with Crippen LogP contribution in [0.5, 0.6) is 0 Å². The normalized spacial score (nSPS) is 11.1. The number of pyridine rings is 1. The van der Waals surface area contributed by atoms with E-state index in [2.05, 4.69) is 4.98 Å². The predicted octanol–water partition coefficient (Wildman–Crippen LogP) is 1.62. The van der Waals surface area contributed by atoms with E-state index in [-0.39, 0.29) is 0 Å². The van der Waals surface area contributed by atoms with E-state index < -0.39 is 11.6 Å². The molecule has 0 fully saturated rings. The summed E-state index contributed by atoms with van der Waals surface area (Å²) in [7, 11) is 0. The average molecular weight is 194 g/mol. The summed E-state index contributed by atoms with van der Waals surface area (Å²) in [4.78, 5) is 15.3. The largest absolute Gasteiger partial charge is 0.456 e. The summed E-state index contributed by atoms with van der Waals surface area (Å²) in [5.41, 5.74) is 5.82. The molecule has 1 aromatic heterocycles. The van der Waals surface area contributed by atoms with Crippen LogP contribution < -0.4 is 5.73 Å². The lowest BCUT2D eigenvalue weighted by atomic mass is 10.2. The molecule has 0 saturated heterocycles. The number of carbonyl (C=O) groups is 1. The monoisotopic (exact) mass is 194 g/mol. The number of hydrogen-bond acceptors (Lipinski definition) is 4. The van der Waals surface area contributed by atoms with Gasteiger partial charge >= 0.3 is 5.97 Å². The van der Waals surface area contributed by atoms with Gasteiger partial charge in [0, 0.05) is 12.4 Å². The molecule has 0 amide bonds. The molecule has 0 atom stereocenters. The van der Waals surface area contributed by atoms with Crippen LogP contribution in [0.2, 0.25) is 0 Å². The van der Waals surface area contributed by atoms with Crippen molar-refractivity contribution in [2.45, 2.75) is 26.4 Å². The maximum atomic E-state index is 11.5. The molecule has 0 spiro atoms. The number of ether oxygens (including phenoxy) is 1. The van der Waals surface area contributed by atoms with E-state index in [9.17, 15) is 4.79 Å². The number of esters is 1. The van der Waals surface area contributed by atoms with Crippen LogP contribution in [0.15, 0.2) is 18.5 Å². The van der Waals surface area contributed by atoms with Gasteiger partial charge in [0.1, 0.15) is 5.60 Å². The molecule has 0 saturated carbocycles. The molecule has 76 valence electrons. The Morgan fingerprint density at radius 1 is 1.43 bits per heavy atom. The Kier molecular flexibility index (Phi) is 2.74. The molecule has 0 unspecified atom stereocenters. The van der Waals surface area contributed by atoms with Crippen molar-refractivity contribution in [2.75, 3.05) is 5.73 Å². The smallest absolute Gasteiger partial charge is 0.340 e. The van der Waals surface area contributed by atoms with E-state index in [0.717, 1.165) is 0 Å². The zero-order valence-corrected chi connectivity index (χ0v) is 8.57. The predicted molar refractivity (Wildman–Crippen MR) is 53.8 cm³/mol. The molecular formula is C10H14N2O2. The molecule has 14 heavy (non-hydrogen) atoms. The van der Waals surface area contributed by atoms with E-state index in [1.165, 1.54) is 12.4 Å². The highest BCUT2D eigenvalue weighted by Crippen LogP contribution is 2.12. The van der Waals surface area contributed by atoms with Gasteiger partial charge in [0.15, 0.2) is 0 Å². The minimum atomic E-state index is -0.498. The van der Waals surface area contributed by atoms with Gasteiger partial charge in [0.2, 0.25) is 0 Å². The van der Waals surface area contributed by atoms with Crippen molar-refractivity contribution in [3.8, 4) is 0 Å². The second-order valence-corrected chi connectivity index (χ2v) is 4.01. The summed E-state index contributed by atoms with van der Waals surface area (Å²) < 4.78 is 5.14. The number of rotatable bonds is 1. The number of nitrogens with zero attached hydrogens (tertiary/aromatic N) is 1. The van der Waals surface area contributed by atoms with Gasteiger partial charge in [-0.2, -0.15) is 0 Å². The van der Waals surface area contributed by atoms with Crippen LogP contribution in [0.1, 0.15) is 31.1 Å². The number of hydrogen-bond donors (Lipinski definition) is 1. The second kappa shape index (κ2) is 3.65. The zero-order valence-electron chi connectivity index (χ0n) is 8.57. The van der Waals surface area contributed by atoms with E-state index in [0.29, 0.717) is 11.3 Å². The minimum Gasteiger partial charge on any atom is -0.456 e. The molecule has 2 N–H and O–H groups in total. The average Bonchev–Trinajstić information content (AvgIpc) is 2.01. The quantitative estimate of drug-likeness (QED) is 0.690. The second-order valence-electron chi connectivity index (χ2n) is 4.01. The van der Waals surface area contributed by atoms with Crippen LogP contribution in [0.25, 0.3) is 0 Å². The lowest BCUT2D eigenvalue weighted by Crippen LogP contribution is -2.24. The van der Waals surface area contributed by atoms with E-state index >= 15 is 0 Å². The Bertz CT molecular complexity index is 342. The molecule has 0 aliphatic heterocycles. The highest BCUT2D eigenvalue weighted by atomic mass is 16.6. The highest BCUT2D eigenvalue weighted by Gasteiger charge is 2.17. The SMILES string of the molecule is CC(C)(C)OC(=O)c1cncc(N)c1. The summed E-state index contributed by atoms with van der Waals surface area (Å²) in [6.45, 7) is 5.43. The highest BCUT2D eigenvalue weighted by molar-refractivity contribution is 5.90. The molecule has 1 rings (SSSR count). The third-order valence-corrected chi connectivity index (χ3v) is 1.39. The van der Waals surface area contributed by atoms with E-state index in [1.54, 1.807) is 6.07 Å². The maximum absolute atomic E-state index is 11.5. The summed E-state index contributed by atoms with van der Waals surface area (Å²) in [6.07, 6.45) is 2.91. The van der Waals surface area contributed by atoms with Crippen molar-refractivity contribution < 1.29 is 9.53 Å². The Morgan fingerprint density at radius 2 is 2.07 bits per heavy atom. The molecule has 1 heterocycles. The van der Waals surface area contributed by atoms with Crippen LogP contribution in [-0.2, 0) is 4.74 Å². The summed E-state index contributed by atoms with van der Waals surface area (Å²) in [5, 5.41) is 0. The molecule has 4 heteroatoms. The molecule has 0 aromatic carbocycles. The molecule has 0 aliphatic rings. The van der Waals surface area contributed by atoms with Gasteiger partial charge in [-0.3, -0.25) is 4.98 Å². The zero-order chi connectivity index (χ0) is 10.8. The lowest BCUT2D eigenvalue weighted by Gasteiger charge is -2.19. The Balaban J connectivity index is 2.80. The summed E-state index contributed by atoms with van der Waals surface area (Å²) in [5.74, 6) is -0.405. The molecule has 0 bridgehead atoms. The number of anilines is 1. The van der Waals surface area contributed by atoms with Crippen molar-refractivity contribution in [2.24, 2.45) is 0 Å². The Labute approximate surface area is 83.1 Å². The summed E-state index contributed by atoms with van der Waals surface area (Å²) >= 11 is 0. The molecule has 4 nitrogen and oxygen atoms in total. The van der Waals surface area contributed by atoms with Crippen molar-refractivity contribution >= 4 is 11.7 Å². The molecule has 0 radical (unpaired) electrons. The first-order chi connectivity index (χ1) is 6.38. The first-order valence-electron chi connectivity index (χ1n) is 4.32. The topological polar surface area (TPSA) is 65.2 Å². The third kappa shape index (κ3) is 3.05. The van der Waals surface area contributed by atoms with Gasteiger partial charge in [0.05, 0.1) is 11.3 Å². The number of nitrogens with two attached hydrogens (primary N) is 1. The number of aromatic nitrogens is 1. The third-order valence-electron chi connectivity index (χ3n) is 1.39. The van der Waals surface area contributed by atoms with Crippen LogP contribution >= 0.6 is 0 Å². The number of nitrogen functional groups attached to an aromatic ring is 1. The van der Waals surface area contributed by atoms with Gasteiger partial charge in [0.25, 0.3) is 0 Å². The van der Waals surface area contributed by atoms with Gasteiger partial charge in [-0.15, -0.1) is 0 Å². The van der Waals surface area contributed by atoms with Crippen LogP contribution in [0.3, 0.4) is 0 Å². The molecule has 1 aromatic rings. The fourth-order valence-corrected chi connectivity index (χ4v) is 0.906. The van der Waals surface area contributed by atoms with Gasteiger partial charge < -0.3 is 10.5 Å². The fraction of sp³-hybridized carbons (Fsp3) is 0.400. The Hall–Kier alpha value is -1.58. The Morgan fingerprint density at radius 3 is 2.57 bits per heavy atom. The van der Waals surface area contributed by atoms with Crippen LogP contribution in [-0.4, -0.2) is 16.6 Å².